The van der Waals surface area contributed by atoms with Gasteiger partial charge < -0.3 is 4.74 Å². The van der Waals surface area contributed by atoms with Crippen molar-refractivity contribution in [2.75, 3.05) is 0 Å². The van der Waals surface area contributed by atoms with Crippen molar-refractivity contribution in [1.82, 2.24) is 4.98 Å². The van der Waals surface area contributed by atoms with Gasteiger partial charge in [-0.25, -0.2) is 8.78 Å². The van der Waals surface area contributed by atoms with Gasteiger partial charge in [-0.05, 0) is 61.6 Å². The van der Waals surface area contributed by atoms with Gasteiger partial charge in [-0.3, -0.25) is 4.98 Å². The van der Waals surface area contributed by atoms with E-state index in [1.54, 1.807) is 0 Å². The summed E-state index contributed by atoms with van der Waals surface area (Å²) >= 11 is 0. The number of aromatic nitrogens is 1. The molecular formula is C24H25F2NO. The van der Waals surface area contributed by atoms with E-state index in [9.17, 15) is 8.78 Å². The SMILES string of the molecule is CCc1cccc(CC)c1-c1cc(C)c(COc2c(F)cccc2F)c(C)n1. The Labute approximate surface area is 165 Å². The standard InChI is InChI=1S/C24H25F2NO/c1-5-17-9-7-10-18(6-2)23(17)22-13-15(3)19(16(4)27-22)14-28-24-20(25)11-8-12-21(24)26/h7-13H,5-6,14H2,1-4H3. The van der Waals surface area contributed by atoms with E-state index >= 15 is 0 Å². The molecule has 0 saturated carbocycles. The van der Waals surface area contributed by atoms with E-state index in [0.717, 1.165) is 35.4 Å². The first-order chi connectivity index (χ1) is 13.5. The van der Waals surface area contributed by atoms with E-state index in [1.807, 2.05) is 19.9 Å². The molecule has 4 heteroatoms. The zero-order valence-corrected chi connectivity index (χ0v) is 16.8. The van der Waals surface area contributed by atoms with Crippen LogP contribution < -0.4 is 4.74 Å². The summed E-state index contributed by atoms with van der Waals surface area (Å²) in [4.78, 5) is 4.81. The van der Waals surface area contributed by atoms with Crippen molar-refractivity contribution in [2.24, 2.45) is 0 Å². The van der Waals surface area contributed by atoms with Gasteiger partial charge in [0.15, 0.2) is 17.4 Å². The average molecular weight is 381 g/mol. The summed E-state index contributed by atoms with van der Waals surface area (Å²) in [5, 5.41) is 0. The van der Waals surface area contributed by atoms with E-state index in [-0.39, 0.29) is 12.4 Å². The Morgan fingerprint density at radius 2 is 1.46 bits per heavy atom. The molecule has 2 aromatic carbocycles. The van der Waals surface area contributed by atoms with Crippen LogP contribution in [0.25, 0.3) is 11.3 Å². The van der Waals surface area contributed by atoms with E-state index in [1.165, 1.54) is 34.9 Å². The highest BCUT2D eigenvalue weighted by Gasteiger charge is 2.16. The minimum Gasteiger partial charge on any atom is -0.483 e. The maximum atomic E-state index is 13.8. The molecule has 0 bridgehead atoms. The summed E-state index contributed by atoms with van der Waals surface area (Å²) in [7, 11) is 0. The summed E-state index contributed by atoms with van der Waals surface area (Å²) in [6.45, 7) is 8.24. The second-order valence-corrected chi connectivity index (χ2v) is 6.89. The van der Waals surface area contributed by atoms with Gasteiger partial charge in [-0.15, -0.1) is 0 Å². The topological polar surface area (TPSA) is 22.1 Å². The first-order valence-corrected chi connectivity index (χ1v) is 9.61. The maximum Gasteiger partial charge on any atom is 0.191 e. The van der Waals surface area contributed by atoms with Crippen molar-refractivity contribution < 1.29 is 13.5 Å². The molecule has 0 amide bonds. The molecule has 2 nitrogen and oxygen atoms in total. The van der Waals surface area contributed by atoms with Gasteiger partial charge in [0.25, 0.3) is 0 Å². The van der Waals surface area contributed by atoms with Gasteiger partial charge in [-0.2, -0.15) is 0 Å². The quantitative estimate of drug-likeness (QED) is 0.496. The summed E-state index contributed by atoms with van der Waals surface area (Å²) < 4.78 is 33.1. The van der Waals surface area contributed by atoms with Crippen molar-refractivity contribution >= 4 is 0 Å². The molecule has 0 N–H and O–H groups in total. The molecule has 28 heavy (non-hydrogen) atoms. The Balaban J connectivity index is 1.97. The van der Waals surface area contributed by atoms with Gasteiger partial charge >= 0.3 is 0 Å². The van der Waals surface area contributed by atoms with Crippen molar-refractivity contribution in [2.45, 2.75) is 47.1 Å². The van der Waals surface area contributed by atoms with Crippen LogP contribution in [0.15, 0.2) is 42.5 Å². The van der Waals surface area contributed by atoms with Gasteiger partial charge in [0.05, 0.1) is 5.69 Å². The molecule has 0 unspecified atom stereocenters. The Bertz CT molecular complexity index is 932. The fourth-order valence-corrected chi connectivity index (χ4v) is 3.54. The van der Waals surface area contributed by atoms with Crippen LogP contribution in [0.5, 0.6) is 5.75 Å². The predicted molar refractivity (Wildman–Crippen MR) is 109 cm³/mol. The zero-order valence-electron chi connectivity index (χ0n) is 16.8. The number of pyridine rings is 1. The van der Waals surface area contributed by atoms with Crippen LogP contribution in [0, 0.1) is 25.5 Å². The number of para-hydroxylation sites is 1. The number of halogens is 2. The molecule has 0 aliphatic rings. The molecule has 0 radical (unpaired) electrons. The molecule has 0 atom stereocenters. The van der Waals surface area contributed by atoms with E-state index in [4.69, 9.17) is 9.72 Å². The fourth-order valence-electron chi connectivity index (χ4n) is 3.54. The highest BCUT2D eigenvalue weighted by atomic mass is 19.1. The summed E-state index contributed by atoms with van der Waals surface area (Å²) in [6.07, 6.45) is 1.86. The molecule has 0 aliphatic carbocycles. The number of rotatable bonds is 6. The molecule has 1 heterocycles. The number of nitrogens with zero attached hydrogens (tertiary/aromatic N) is 1. The van der Waals surface area contributed by atoms with Crippen LogP contribution in [-0.4, -0.2) is 4.98 Å². The molecule has 146 valence electrons. The lowest BCUT2D eigenvalue weighted by Crippen LogP contribution is -2.06. The fraction of sp³-hybridized carbons (Fsp3) is 0.292. The molecule has 1 aromatic heterocycles. The summed E-state index contributed by atoms with van der Waals surface area (Å²) in [5.74, 6) is -1.76. The minimum atomic E-state index is -0.704. The normalized spacial score (nSPS) is 10.9. The van der Waals surface area contributed by atoms with Crippen LogP contribution in [0.4, 0.5) is 8.78 Å². The van der Waals surface area contributed by atoms with Crippen LogP contribution in [0.2, 0.25) is 0 Å². The average Bonchev–Trinajstić information content (AvgIpc) is 2.68. The summed E-state index contributed by atoms with van der Waals surface area (Å²) in [5.41, 5.74) is 7.30. The third-order valence-corrected chi connectivity index (χ3v) is 5.09. The Kier molecular flexibility index (Phi) is 6.08. The molecular weight excluding hydrogens is 356 g/mol. The Hall–Kier alpha value is -2.75. The number of aryl methyl sites for hydroxylation is 4. The second kappa shape index (κ2) is 8.51. The van der Waals surface area contributed by atoms with Crippen molar-refractivity contribution in [3.63, 3.8) is 0 Å². The van der Waals surface area contributed by atoms with Gasteiger partial charge in [0.2, 0.25) is 0 Å². The summed E-state index contributed by atoms with van der Waals surface area (Å²) in [6, 6.07) is 12.1. The smallest absolute Gasteiger partial charge is 0.191 e. The lowest BCUT2D eigenvalue weighted by molar-refractivity contribution is 0.272. The van der Waals surface area contributed by atoms with Gasteiger partial charge in [0, 0.05) is 16.8 Å². The van der Waals surface area contributed by atoms with Crippen molar-refractivity contribution in [1.29, 1.82) is 0 Å². The van der Waals surface area contributed by atoms with E-state index in [2.05, 4.69) is 32.0 Å². The third-order valence-electron chi connectivity index (χ3n) is 5.09. The molecule has 0 saturated heterocycles. The van der Waals surface area contributed by atoms with Gasteiger partial charge in [0.1, 0.15) is 6.61 Å². The van der Waals surface area contributed by atoms with E-state index < -0.39 is 11.6 Å². The predicted octanol–water partition coefficient (Wildman–Crippen LogP) is 6.35. The molecule has 0 aliphatic heterocycles. The van der Waals surface area contributed by atoms with E-state index in [0.29, 0.717) is 0 Å². The Morgan fingerprint density at radius 3 is 2.00 bits per heavy atom. The van der Waals surface area contributed by atoms with Crippen LogP contribution in [0.1, 0.15) is 41.8 Å². The first-order valence-electron chi connectivity index (χ1n) is 9.61. The third kappa shape index (κ3) is 3.91. The molecule has 0 spiro atoms. The minimum absolute atomic E-state index is 0.0683. The maximum absolute atomic E-state index is 13.8. The van der Waals surface area contributed by atoms with Gasteiger partial charge in [-0.1, -0.05) is 38.1 Å². The highest BCUT2D eigenvalue weighted by molar-refractivity contribution is 5.69. The number of ether oxygens (including phenoxy) is 1. The van der Waals surface area contributed by atoms with Crippen LogP contribution in [-0.2, 0) is 19.4 Å². The highest BCUT2D eigenvalue weighted by Crippen LogP contribution is 2.30. The molecule has 3 aromatic rings. The lowest BCUT2D eigenvalue weighted by Gasteiger charge is -2.17. The first kappa shape index (κ1) is 20.0. The van der Waals surface area contributed by atoms with Crippen LogP contribution >= 0.6 is 0 Å². The van der Waals surface area contributed by atoms with Crippen LogP contribution in [0.3, 0.4) is 0 Å². The second-order valence-electron chi connectivity index (χ2n) is 6.89. The monoisotopic (exact) mass is 381 g/mol. The number of hydrogen-bond acceptors (Lipinski definition) is 2. The Morgan fingerprint density at radius 1 is 0.893 bits per heavy atom. The molecule has 0 fully saturated rings. The number of benzene rings is 2. The van der Waals surface area contributed by atoms with Crippen molar-refractivity contribution in [3.05, 3.63) is 82.0 Å². The zero-order chi connectivity index (χ0) is 20.3. The molecule has 3 rings (SSSR count). The largest absolute Gasteiger partial charge is 0.483 e. The number of hydrogen-bond donors (Lipinski definition) is 0. The lowest BCUT2D eigenvalue weighted by atomic mass is 9.93. The van der Waals surface area contributed by atoms with Crippen molar-refractivity contribution in [3.8, 4) is 17.0 Å².